The van der Waals surface area contributed by atoms with Gasteiger partial charge in [-0.25, -0.2) is 8.42 Å². The average molecular weight is 552 g/mol. The van der Waals surface area contributed by atoms with Gasteiger partial charge in [0.2, 0.25) is 0 Å². The van der Waals surface area contributed by atoms with Gasteiger partial charge in [-0.15, -0.1) is 0 Å². The maximum Gasteiger partial charge on any atom is 0.177 e. The summed E-state index contributed by atoms with van der Waals surface area (Å²) in [7, 11) is -3.59. The maximum absolute atomic E-state index is 12.4. The first kappa shape index (κ1) is 25.8. The second-order valence-corrected chi connectivity index (χ2v) is 12.0. The minimum Gasteiger partial charge on any atom is -0.493 e. The first-order chi connectivity index (χ1) is 16.4. The van der Waals surface area contributed by atoms with Gasteiger partial charge in [-0.05, 0) is 62.2 Å². The number of hydrogen-bond donors (Lipinski definition) is 1. The Morgan fingerprint density at radius 2 is 1.46 bits per heavy atom. The van der Waals surface area contributed by atoms with Gasteiger partial charge in [-0.1, -0.05) is 59.1 Å². The van der Waals surface area contributed by atoms with Gasteiger partial charge < -0.3 is 10.1 Å². The van der Waals surface area contributed by atoms with Gasteiger partial charge in [0.1, 0.15) is 17.1 Å². The number of halogens is 3. The molecular weight excluding hydrogens is 527 g/mol. The number of benzene rings is 3. The lowest BCUT2D eigenvalue weighted by atomic mass is 9.72. The SMILES string of the molecule is CCOc1cc(Cl)c(S(C)(=O)=O)cc1C1=NC(C)(c2ccc(Cl)cc2)C(C)(c2ccc(Cl)cc2)N1. The second-order valence-electron chi connectivity index (χ2n) is 8.78. The standard InChI is InChI=1S/C26H25Cl3N2O3S/c1-5-34-22-15-21(29)23(35(4,32)33)14-20(22)24-30-25(2,16-6-10-18(27)11-7-16)26(3,31-24)17-8-12-19(28)13-9-17/h6-15H,5H2,1-4H3,(H,30,31). The van der Waals surface area contributed by atoms with E-state index in [0.29, 0.717) is 33.8 Å². The van der Waals surface area contributed by atoms with E-state index >= 15 is 0 Å². The van der Waals surface area contributed by atoms with Crippen LogP contribution in [-0.2, 0) is 20.9 Å². The zero-order valence-corrected chi connectivity index (χ0v) is 22.8. The lowest BCUT2D eigenvalue weighted by molar-refractivity contribution is 0.268. The highest BCUT2D eigenvalue weighted by Gasteiger charge is 2.52. The molecule has 3 aromatic carbocycles. The van der Waals surface area contributed by atoms with E-state index in [1.165, 1.54) is 12.1 Å². The molecule has 0 saturated heterocycles. The van der Waals surface area contributed by atoms with Crippen molar-refractivity contribution in [3.05, 3.63) is 92.4 Å². The Hall–Kier alpha value is -2.25. The summed E-state index contributed by atoms with van der Waals surface area (Å²) in [6, 6.07) is 18.2. The normalized spacial score (nSPS) is 22.0. The zero-order chi connectivity index (χ0) is 25.6. The van der Waals surface area contributed by atoms with Crippen LogP contribution in [0.1, 0.15) is 37.5 Å². The van der Waals surface area contributed by atoms with Crippen molar-refractivity contribution in [2.24, 2.45) is 4.99 Å². The second kappa shape index (κ2) is 9.32. The molecule has 1 N–H and O–H groups in total. The van der Waals surface area contributed by atoms with Crippen LogP contribution in [0.5, 0.6) is 5.75 Å². The zero-order valence-electron chi connectivity index (χ0n) is 19.7. The Balaban J connectivity index is 1.97. The smallest absolute Gasteiger partial charge is 0.177 e. The van der Waals surface area contributed by atoms with Crippen molar-refractivity contribution in [1.29, 1.82) is 0 Å². The van der Waals surface area contributed by atoms with E-state index in [9.17, 15) is 8.42 Å². The third-order valence-electron chi connectivity index (χ3n) is 6.49. The molecule has 0 aromatic heterocycles. The molecule has 3 aromatic rings. The van der Waals surface area contributed by atoms with Gasteiger partial charge in [0.25, 0.3) is 0 Å². The first-order valence-electron chi connectivity index (χ1n) is 11.0. The number of ether oxygens (including phenoxy) is 1. The summed E-state index contributed by atoms with van der Waals surface area (Å²) < 4.78 is 30.7. The fourth-order valence-corrected chi connectivity index (χ4v) is 5.96. The van der Waals surface area contributed by atoms with E-state index in [2.05, 4.69) is 12.2 Å². The van der Waals surface area contributed by atoms with Crippen molar-refractivity contribution in [2.75, 3.05) is 12.9 Å². The van der Waals surface area contributed by atoms with Gasteiger partial charge in [0.15, 0.2) is 9.84 Å². The maximum atomic E-state index is 12.4. The lowest BCUT2D eigenvalue weighted by Crippen LogP contribution is -2.50. The topological polar surface area (TPSA) is 67.8 Å². The molecule has 2 atom stereocenters. The molecule has 5 nitrogen and oxygen atoms in total. The van der Waals surface area contributed by atoms with Crippen molar-refractivity contribution in [3.8, 4) is 5.75 Å². The monoisotopic (exact) mass is 550 g/mol. The van der Waals surface area contributed by atoms with Crippen molar-refractivity contribution < 1.29 is 13.2 Å². The predicted molar refractivity (Wildman–Crippen MR) is 143 cm³/mol. The van der Waals surface area contributed by atoms with Gasteiger partial charge in [0, 0.05) is 22.4 Å². The Morgan fingerprint density at radius 1 is 0.914 bits per heavy atom. The molecule has 4 rings (SSSR count). The van der Waals surface area contributed by atoms with Gasteiger partial charge in [-0.3, -0.25) is 4.99 Å². The van der Waals surface area contributed by atoms with E-state index in [4.69, 9.17) is 44.5 Å². The van der Waals surface area contributed by atoms with Gasteiger partial charge >= 0.3 is 0 Å². The average Bonchev–Trinajstić information content (AvgIpc) is 3.06. The summed E-state index contributed by atoms with van der Waals surface area (Å²) in [6.45, 7) is 6.30. The van der Waals surface area contributed by atoms with Crippen LogP contribution in [0.2, 0.25) is 15.1 Å². The molecule has 0 saturated carbocycles. The molecule has 184 valence electrons. The van der Waals surface area contributed by atoms with Crippen LogP contribution >= 0.6 is 34.8 Å². The Kier molecular flexibility index (Phi) is 6.88. The fourth-order valence-electron chi connectivity index (χ4n) is 4.39. The fraction of sp³-hybridized carbons (Fsp3) is 0.269. The summed E-state index contributed by atoms with van der Waals surface area (Å²) in [5, 5.41) is 4.92. The Bertz CT molecular complexity index is 1410. The molecule has 35 heavy (non-hydrogen) atoms. The van der Waals surface area contributed by atoms with Crippen molar-refractivity contribution in [3.63, 3.8) is 0 Å². The lowest BCUT2D eigenvalue weighted by Gasteiger charge is -2.40. The molecule has 0 aliphatic carbocycles. The van der Waals surface area contributed by atoms with Crippen LogP contribution in [0.3, 0.4) is 0 Å². The number of amidine groups is 1. The molecule has 0 fully saturated rings. The molecule has 1 aliphatic heterocycles. The molecule has 0 spiro atoms. The highest BCUT2D eigenvalue weighted by Crippen LogP contribution is 2.48. The molecule has 1 heterocycles. The quantitative estimate of drug-likeness (QED) is 0.373. The number of hydrogen-bond acceptors (Lipinski definition) is 5. The number of sulfone groups is 1. The molecule has 9 heteroatoms. The number of aliphatic imine (C=N–C) groups is 1. The van der Waals surface area contributed by atoms with Gasteiger partial charge in [0.05, 0.1) is 27.6 Å². The van der Waals surface area contributed by atoms with E-state index in [-0.39, 0.29) is 9.92 Å². The summed E-state index contributed by atoms with van der Waals surface area (Å²) in [5.41, 5.74) is 0.865. The largest absolute Gasteiger partial charge is 0.493 e. The molecule has 2 unspecified atom stereocenters. The first-order valence-corrected chi connectivity index (χ1v) is 14.0. The molecule has 0 radical (unpaired) electrons. The third kappa shape index (κ3) is 4.65. The van der Waals surface area contributed by atoms with Gasteiger partial charge in [-0.2, -0.15) is 0 Å². The van der Waals surface area contributed by atoms with Crippen LogP contribution in [0.4, 0.5) is 0 Å². The third-order valence-corrected chi connectivity index (χ3v) is 8.56. The molecule has 0 amide bonds. The summed E-state index contributed by atoms with van der Waals surface area (Å²) >= 11 is 18.7. The van der Waals surface area contributed by atoms with Crippen LogP contribution < -0.4 is 10.1 Å². The summed E-state index contributed by atoms with van der Waals surface area (Å²) in [4.78, 5) is 5.16. The number of rotatable bonds is 6. The Morgan fingerprint density at radius 3 is 1.97 bits per heavy atom. The number of nitrogens with zero attached hydrogens (tertiary/aromatic N) is 1. The summed E-state index contributed by atoms with van der Waals surface area (Å²) in [5.74, 6) is 0.930. The van der Waals surface area contributed by atoms with E-state index in [1.807, 2.05) is 62.4 Å². The Labute approximate surface area is 221 Å². The molecular formula is C26H25Cl3N2O3S. The minimum absolute atomic E-state index is 0.00964. The van der Waals surface area contributed by atoms with Crippen LogP contribution in [0, 0.1) is 0 Å². The highest BCUT2D eigenvalue weighted by atomic mass is 35.5. The van der Waals surface area contributed by atoms with Crippen LogP contribution in [0.15, 0.2) is 70.6 Å². The van der Waals surface area contributed by atoms with E-state index in [0.717, 1.165) is 17.4 Å². The summed E-state index contributed by atoms with van der Waals surface area (Å²) in [6.07, 6.45) is 1.12. The number of nitrogens with one attached hydrogen (secondary N) is 1. The van der Waals surface area contributed by atoms with Crippen LogP contribution in [0.25, 0.3) is 0 Å². The highest BCUT2D eigenvalue weighted by molar-refractivity contribution is 7.90. The van der Waals surface area contributed by atoms with E-state index in [1.54, 1.807) is 0 Å². The predicted octanol–water partition coefficient (Wildman–Crippen LogP) is 6.63. The van der Waals surface area contributed by atoms with Crippen LogP contribution in [-0.4, -0.2) is 27.1 Å². The van der Waals surface area contributed by atoms with Crippen molar-refractivity contribution in [2.45, 2.75) is 36.7 Å². The molecule has 1 aliphatic rings. The van der Waals surface area contributed by atoms with Crippen molar-refractivity contribution >= 4 is 50.5 Å². The van der Waals surface area contributed by atoms with Crippen molar-refractivity contribution in [1.82, 2.24) is 5.32 Å². The molecule has 0 bridgehead atoms. The van der Waals surface area contributed by atoms with E-state index < -0.39 is 20.9 Å². The minimum atomic E-state index is -3.59.